The molecule has 0 fully saturated rings. The summed E-state index contributed by atoms with van der Waals surface area (Å²) in [5.74, 6) is -1.72. The van der Waals surface area contributed by atoms with Crippen molar-refractivity contribution < 1.29 is 14.3 Å². The largest absolute Gasteiger partial charge is 0.478 e. The molecule has 14 heavy (non-hydrogen) atoms. The SMILES string of the molecule is C=C1C(F)=CC(C(=O)O)=CN1CCC. The number of allylic oxidation sites excluding steroid dienone is 1. The molecule has 1 aliphatic rings. The van der Waals surface area contributed by atoms with Crippen LogP contribution in [0.5, 0.6) is 0 Å². The minimum absolute atomic E-state index is 0.0525. The lowest BCUT2D eigenvalue weighted by Gasteiger charge is -2.24. The van der Waals surface area contributed by atoms with Crippen molar-refractivity contribution in [2.24, 2.45) is 0 Å². The maximum atomic E-state index is 13.2. The van der Waals surface area contributed by atoms with Crippen molar-refractivity contribution in [2.75, 3.05) is 6.54 Å². The van der Waals surface area contributed by atoms with Gasteiger partial charge in [-0.2, -0.15) is 0 Å². The fourth-order valence-corrected chi connectivity index (χ4v) is 1.20. The second-order valence-electron chi connectivity index (χ2n) is 3.02. The summed E-state index contributed by atoms with van der Waals surface area (Å²) >= 11 is 0. The minimum atomic E-state index is -1.13. The Bertz CT molecular complexity index is 331. The van der Waals surface area contributed by atoms with Gasteiger partial charge in [0.05, 0.1) is 11.3 Å². The van der Waals surface area contributed by atoms with Gasteiger partial charge in [0.2, 0.25) is 0 Å². The number of nitrogens with zero attached hydrogens (tertiary/aromatic N) is 1. The third kappa shape index (κ3) is 2.02. The summed E-state index contributed by atoms with van der Waals surface area (Å²) in [5.41, 5.74) is 0.167. The number of hydrogen-bond donors (Lipinski definition) is 1. The summed E-state index contributed by atoms with van der Waals surface area (Å²) in [7, 11) is 0. The summed E-state index contributed by atoms with van der Waals surface area (Å²) in [5, 5.41) is 8.69. The molecule has 4 heteroatoms. The fourth-order valence-electron chi connectivity index (χ4n) is 1.20. The van der Waals surface area contributed by atoms with E-state index in [0.29, 0.717) is 6.54 Å². The van der Waals surface area contributed by atoms with Crippen LogP contribution in [0.15, 0.2) is 36.0 Å². The average molecular weight is 197 g/mol. The summed E-state index contributed by atoms with van der Waals surface area (Å²) < 4.78 is 13.2. The fraction of sp³-hybridized carbons (Fsp3) is 0.300. The number of hydrogen-bond acceptors (Lipinski definition) is 2. The zero-order valence-corrected chi connectivity index (χ0v) is 7.96. The van der Waals surface area contributed by atoms with Gasteiger partial charge in [0.25, 0.3) is 0 Å². The lowest BCUT2D eigenvalue weighted by atomic mass is 10.1. The standard InChI is InChI=1S/C10H12FNO2/c1-3-4-12-6-8(10(13)14)5-9(11)7(12)2/h5-6H,2-4H2,1H3,(H,13,14). The van der Waals surface area contributed by atoms with Crippen LogP contribution in [0.25, 0.3) is 0 Å². The normalized spacial score (nSPS) is 16.4. The Balaban J connectivity index is 2.95. The first-order valence-electron chi connectivity index (χ1n) is 4.34. The predicted octanol–water partition coefficient (Wildman–Crippen LogP) is 2.05. The Morgan fingerprint density at radius 3 is 2.86 bits per heavy atom. The van der Waals surface area contributed by atoms with Crippen molar-refractivity contribution in [3.63, 3.8) is 0 Å². The third-order valence-corrected chi connectivity index (χ3v) is 1.91. The number of carboxylic acids is 1. The van der Waals surface area contributed by atoms with E-state index in [2.05, 4.69) is 6.58 Å². The molecule has 0 unspecified atom stereocenters. The van der Waals surface area contributed by atoms with Gasteiger partial charge in [-0.05, 0) is 12.5 Å². The van der Waals surface area contributed by atoms with Crippen molar-refractivity contribution in [3.05, 3.63) is 36.0 Å². The molecular weight excluding hydrogens is 185 g/mol. The molecule has 76 valence electrons. The molecule has 3 nitrogen and oxygen atoms in total. The molecule has 0 aromatic heterocycles. The van der Waals surface area contributed by atoms with Crippen LogP contribution in [0.3, 0.4) is 0 Å². The van der Waals surface area contributed by atoms with Gasteiger partial charge in [0, 0.05) is 12.7 Å². The molecule has 1 N–H and O–H groups in total. The molecule has 0 aromatic carbocycles. The number of aliphatic carboxylic acids is 1. The first-order chi connectivity index (χ1) is 6.56. The average Bonchev–Trinajstić information content (AvgIpc) is 2.12. The van der Waals surface area contributed by atoms with E-state index in [-0.39, 0.29) is 11.3 Å². The first-order valence-corrected chi connectivity index (χ1v) is 4.34. The van der Waals surface area contributed by atoms with E-state index in [9.17, 15) is 9.18 Å². The monoisotopic (exact) mass is 197 g/mol. The van der Waals surface area contributed by atoms with E-state index >= 15 is 0 Å². The Kier molecular flexibility index (Phi) is 3.06. The maximum Gasteiger partial charge on any atom is 0.337 e. The van der Waals surface area contributed by atoms with Crippen molar-refractivity contribution in [2.45, 2.75) is 13.3 Å². The topological polar surface area (TPSA) is 40.5 Å². The Hall–Kier alpha value is -1.58. The highest BCUT2D eigenvalue weighted by atomic mass is 19.1. The quantitative estimate of drug-likeness (QED) is 0.752. The molecule has 0 aliphatic carbocycles. The molecule has 0 saturated carbocycles. The molecule has 0 aromatic rings. The molecule has 1 heterocycles. The van der Waals surface area contributed by atoms with Crippen LogP contribution in [-0.2, 0) is 4.79 Å². The van der Waals surface area contributed by atoms with Gasteiger partial charge in [-0.15, -0.1) is 0 Å². The van der Waals surface area contributed by atoms with E-state index < -0.39 is 11.8 Å². The van der Waals surface area contributed by atoms with Gasteiger partial charge in [-0.3, -0.25) is 0 Å². The van der Waals surface area contributed by atoms with Gasteiger partial charge in [-0.1, -0.05) is 13.5 Å². The summed E-state index contributed by atoms with van der Waals surface area (Å²) in [6.07, 6.45) is 3.18. The predicted molar refractivity (Wildman–Crippen MR) is 51.0 cm³/mol. The molecule has 0 amide bonds. The third-order valence-electron chi connectivity index (χ3n) is 1.91. The highest BCUT2D eigenvalue weighted by Crippen LogP contribution is 2.23. The Labute approximate surface area is 81.8 Å². The lowest BCUT2D eigenvalue weighted by Crippen LogP contribution is -2.22. The summed E-state index contributed by atoms with van der Waals surface area (Å²) in [4.78, 5) is 12.1. The van der Waals surface area contributed by atoms with Gasteiger partial charge in [0.1, 0.15) is 5.83 Å². The zero-order valence-electron chi connectivity index (χ0n) is 7.96. The lowest BCUT2D eigenvalue weighted by molar-refractivity contribution is -0.132. The second kappa shape index (κ2) is 4.09. The van der Waals surface area contributed by atoms with Gasteiger partial charge in [0.15, 0.2) is 0 Å². The number of rotatable bonds is 3. The van der Waals surface area contributed by atoms with Crippen LogP contribution in [0, 0.1) is 0 Å². The van der Waals surface area contributed by atoms with Crippen molar-refractivity contribution in [1.82, 2.24) is 4.90 Å². The van der Waals surface area contributed by atoms with E-state index in [1.54, 1.807) is 0 Å². The van der Waals surface area contributed by atoms with Crippen LogP contribution in [0.2, 0.25) is 0 Å². The van der Waals surface area contributed by atoms with E-state index in [1.807, 2.05) is 6.92 Å². The van der Waals surface area contributed by atoms with Crippen LogP contribution in [0.1, 0.15) is 13.3 Å². The highest BCUT2D eigenvalue weighted by Gasteiger charge is 2.19. The van der Waals surface area contributed by atoms with Crippen molar-refractivity contribution in [3.8, 4) is 0 Å². The maximum absolute atomic E-state index is 13.2. The van der Waals surface area contributed by atoms with E-state index in [0.717, 1.165) is 12.5 Å². The Morgan fingerprint density at radius 1 is 1.71 bits per heavy atom. The molecule has 1 rings (SSSR count). The second-order valence-corrected chi connectivity index (χ2v) is 3.02. The number of carbonyl (C=O) groups is 1. The molecule has 0 saturated heterocycles. The Morgan fingerprint density at radius 2 is 2.36 bits per heavy atom. The highest BCUT2D eigenvalue weighted by molar-refractivity contribution is 5.90. The molecule has 0 spiro atoms. The molecular formula is C10H12FNO2. The summed E-state index contributed by atoms with van der Waals surface area (Å²) in [6, 6.07) is 0. The van der Waals surface area contributed by atoms with E-state index in [4.69, 9.17) is 5.11 Å². The summed E-state index contributed by atoms with van der Waals surface area (Å²) in [6.45, 7) is 6.03. The van der Waals surface area contributed by atoms with Gasteiger partial charge < -0.3 is 10.0 Å². The molecule has 0 atom stereocenters. The van der Waals surface area contributed by atoms with Crippen LogP contribution >= 0.6 is 0 Å². The van der Waals surface area contributed by atoms with E-state index in [1.165, 1.54) is 11.1 Å². The molecule has 0 radical (unpaired) electrons. The minimum Gasteiger partial charge on any atom is -0.478 e. The van der Waals surface area contributed by atoms with Crippen LogP contribution < -0.4 is 0 Å². The van der Waals surface area contributed by atoms with Crippen molar-refractivity contribution >= 4 is 5.97 Å². The molecule has 0 bridgehead atoms. The van der Waals surface area contributed by atoms with Crippen LogP contribution in [0.4, 0.5) is 4.39 Å². The number of carboxylic acid groups (broad SMARTS) is 1. The zero-order chi connectivity index (χ0) is 10.7. The number of halogens is 1. The van der Waals surface area contributed by atoms with Gasteiger partial charge in [-0.25, -0.2) is 9.18 Å². The molecule has 1 aliphatic heterocycles. The van der Waals surface area contributed by atoms with Crippen molar-refractivity contribution in [1.29, 1.82) is 0 Å². The van der Waals surface area contributed by atoms with Crippen LogP contribution in [-0.4, -0.2) is 22.5 Å². The first kappa shape index (κ1) is 10.5. The smallest absolute Gasteiger partial charge is 0.337 e. The van der Waals surface area contributed by atoms with Gasteiger partial charge >= 0.3 is 5.97 Å².